The summed E-state index contributed by atoms with van der Waals surface area (Å²) in [4.78, 5) is 11.9. The molecule has 1 amide bonds. The SMILES string of the molecule is O=C(/C=C/c1c(F)cccc1Cl)Nc1cc(Cl)c(Cl)cc1Cl. The van der Waals surface area contributed by atoms with Gasteiger partial charge in [-0.1, -0.05) is 52.5 Å². The van der Waals surface area contributed by atoms with Gasteiger partial charge in [0.1, 0.15) is 5.82 Å². The van der Waals surface area contributed by atoms with E-state index in [4.69, 9.17) is 46.4 Å². The molecule has 114 valence electrons. The number of carbonyl (C=O) groups excluding carboxylic acids is 1. The van der Waals surface area contributed by atoms with Gasteiger partial charge in [-0.05, 0) is 30.3 Å². The van der Waals surface area contributed by atoms with Crippen molar-refractivity contribution in [2.24, 2.45) is 0 Å². The van der Waals surface area contributed by atoms with Crippen LogP contribution in [0.15, 0.2) is 36.4 Å². The van der Waals surface area contributed by atoms with Gasteiger partial charge >= 0.3 is 0 Å². The number of benzene rings is 2. The van der Waals surface area contributed by atoms with Crippen LogP contribution < -0.4 is 5.32 Å². The molecule has 0 bridgehead atoms. The first-order chi connectivity index (χ1) is 10.4. The van der Waals surface area contributed by atoms with Crippen molar-refractivity contribution >= 4 is 64.1 Å². The molecule has 0 saturated heterocycles. The van der Waals surface area contributed by atoms with E-state index in [1.165, 1.54) is 36.4 Å². The summed E-state index contributed by atoms with van der Waals surface area (Å²) in [6.45, 7) is 0. The van der Waals surface area contributed by atoms with Crippen LogP contribution in [0.4, 0.5) is 10.1 Å². The van der Waals surface area contributed by atoms with E-state index in [0.29, 0.717) is 5.69 Å². The van der Waals surface area contributed by atoms with E-state index in [1.807, 2.05) is 0 Å². The molecule has 0 spiro atoms. The van der Waals surface area contributed by atoms with E-state index < -0.39 is 11.7 Å². The number of hydrogen-bond donors (Lipinski definition) is 1. The van der Waals surface area contributed by atoms with Gasteiger partial charge in [-0.2, -0.15) is 0 Å². The molecule has 0 radical (unpaired) electrons. The van der Waals surface area contributed by atoms with E-state index in [2.05, 4.69) is 5.32 Å². The maximum atomic E-state index is 13.6. The lowest BCUT2D eigenvalue weighted by Gasteiger charge is -2.07. The Morgan fingerprint density at radius 2 is 1.68 bits per heavy atom. The molecule has 2 nitrogen and oxygen atoms in total. The Bertz CT molecular complexity index is 741. The molecular weight excluding hydrogens is 371 g/mol. The molecule has 2 rings (SSSR count). The second-order valence-electron chi connectivity index (χ2n) is 4.20. The number of hydrogen-bond acceptors (Lipinski definition) is 1. The summed E-state index contributed by atoms with van der Waals surface area (Å²) < 4.78 is 13.6. The average molecular weight is 379 g/mol. The van der Waals surface area contributed by atoms with Crippen LogP contribution in [-0.4, -0.2) is 5.91 Å². The molecule has 0 saturated carbocycles. The zero-order valence-electron chi connectivity index (χ0n) is 10.8. The van der Waals surface area contributed by atoms with E-state index in [-0.39, 0.29) is 25.7 Å². The highest BCUT2D eigenvalue weighted by Crippen LogP contribution is 2.32. The van der Waals surface area contributed by atoms with Crippen molar-refractivity contribution in [1.82, 2.24) is 0 Å². The fraction of sp³-hybridized carbons (Fsp3) is 0. The second-order valence-corrected chi connectivity index (χ2v) is 5.83. The second kappa shape index (κ2) is 7.34. The van der Waals surface area contributed by atoms with Crippen LogP contribution in [0.5, 0.6) is 0 Å². The summed E-state index contributed by atoms with van der Waals surface area (Å²) in [6, 6.07) is 7.09. The van der Waals surface area contributed by atoms with E-state index in [0.717, 1.165) is 6.08 Å². The minimum atomic E-state index is -0.524. The van der Waals surface area contributed by atoms with Crippen LogP contribution in [0.1, 0.15) is 5.56 Å². The molecule has 0 heterocycles. The third kappa shape index (κ3) is 4.14. The van der Waals surface area contributed by atoms with Crippen molar-refractivity contribution in [3.05, 3.63) is 67.9 Å². The number of nitrogens with one attached hydrogen (secondary N) is 1. The van der Waals surface area contributed by atoms with Crippen LogP contribution in [0.3, 0.4) is 0 Å². The molecular formula is C15H8Cl4FNO. The van der Waals surface area contributed by atoms with Crippen LogP contribution in [0.25, 0.3) is 6.08 Å². The number of rotatable bonds is 3. The summed E-state index contributed by atoms with van der Waals surface area (Å²) in [5, 5.41) is 3.49. The lowest BCUT2D eigenvalue weighted by molar-refractivity contribution is -0.111. The standard InChI is InChI=1S/C15H8Cl4FNO/c16-9-2-1-3-13(20)8(9)4-5-15(22)21-14-7-11(18)10(17)6-12(14)19/h1-7H,(H,21,22)/b5-4+. The number of anilines is 1. The van der Waals surface area contributed by atoms with Gasteiger partial charge < -0.3 is 5.32 Å². The molecule has 1 N–H and O–H groups in total. The summed E-state index contributed by atoms with van der Waals surface area (Å²) >= 11 is 23.5. The smallest absolute Gasteiger partial charge is 0.248 e. The Kier molecular flexibility index (Phi) is 5.70. The zero-order chi connectivity index (χ0) is 16.3. The maximum Gasteiger partial charge on any atom is 0.248 e. The maximum absolute atomic E-state index is 13.6. The van der Waals surface area contributed by atoms with Gasteiger partial charge in [0.25, 0.3) is 0 Å². The van der Waals surface area contributed by atoms with Crippen LogP contribution in [0, 0.1) is 5.82 Å². The van der Waals surface area contributed by atoms with Gasteiger partial charge in [0.15, 0.2) is 0 Å². The molecule has 0 aliphatic heterocycles. The third-order valence-electron chi connectivity index (χ3n) is 2.67. The van der Waals surface area contributed by atoms with E-state index in [9.17, 15) is 9.18 Å². The molecule has 2 aromatic carbocycles. The van der Waals surface area contributed by atoms with Crippen molar-refractivity contribution in [2.45, 2.75) is 0 Å². The zero-order valence-corrected chi connectivity index (χ0v) is 13.9. The van der Waals surface area contributed by atoms with Crippen molar-refractivity contribution in [2.75, 3.05) is 5.32 Å². The topological polar surface area (TPSA) is 29.1 Å². The van der Waals surface area contributed by atoms with Crippen molar-refractivity contribution in [1.29, 1.82) is 0 Å². The van der Waals surface area contributed by atoms with Crippen LogP contribution in [-0.2, 0) is 4.79 Å². The van der Waals surface area contributed by atoms with Crippen LogP contribution in [0.2, 0.25) is 20.1 Å². The molecule has 0 fully saturated rings. The Morgan fingerprint density at radius 3 is 2.36 bits per heavy atom. The summed E-state index contributed by atoms with van der Waals surface area (Å²) in [7, 11) is 0. The molecule has 22 heavy (non-hydrogen) atoms. The Labute approximate surface area is 146 Å². The van der Waals surface area contributed by atoms with E-state index >= 15 is 0 Å². The Balaban J connectivity index is 2.17. The minimum absolute atomic E-state index is 0.125. The average Bonchev–Trinajstić information content (AvgIpc) is 2.44. The monoisotopic (exact) mass is 377 g/mol. The first-order valence-corrected chi connectivity index (χ1v) is 7.47. The number of halogens is 5. The predicted octanol–water partition coefficient (Wildman–Crippen LogP) is 6.09. The molecule has 7 heteroatoms. The molecule has 0 unspecified atom stereocenters. The Hall–Kier alpha value is -1.26. The van der Waals surface area contributed by atoms with Gasteiger partial charge in [0.2, 0.25) is 5.91 Å². The molecule has 0 aliphatic carbocycles. The largest absolute Gasteiger partial charge is 0.321 e. The summed E-state index contributed by atoms with van der Waals surface area (Å²) in [6.07, 6.45) is 2.42. The minimum Gasteiger partial charge on any atom is -0.321 e. The van der Waals surface area contributed by atoms with Crippen molar-refractivity contribution in [3.63, 3.8) is 0 Å². The fourth-order valence-electron chi connectivity index (χ4n) is 1.62. The molecule has 2 aromatic rings. The van der Waals surface area contributed by atoms with Gasteiger partial charge in [-0.15, -0.1) is 0 Å². The Morgan fingerprint density at radius 1 is 1.00 bits per heavy atom. The van der Waals surface area contributed by atoms with Gasteiger partial charge in [-0.3, -0.25) is 4.79 Å². The summed E-state index contributed by atoms with van der Waals surface area (Å²) in [5.74, 6) is -1.04. The van der Waals surface area contributed by atoms with Crippen molar-refractivity contribution < 1.29 is 9.18 Å². The lowest BCUT2D eigenvalue weighted by atomic mass is 10.2. The molecule has 0 aromatic heterocycles. The number of carbonyl (C=O) groups is 1. The van der Waals surface area contributed by atoms with Crippen LogP contribution >= 0.6 is 46.4 Å². The lowest BCUT2D eigenvalue weighted by Crippen LogP contribution is -2.08. The molecule has 0 aliphatic rings. The fourth-order valence-corrected chi connectivity index (χ4v) is 2.44. The highest BCUT2D eigenvalue weighted by atomic mass is 35.5. The van der Waals surface area contributed by atoms with E-state index in [1.54, 1.807) is 0 Å². The van der Waals surface area contributed by atoms with Gasteiger partial charge in [0.05, 0.1) is 25.8 Å². The quantitative estimate of drug-likeness (QED) is 0.508. The highest BCUT2D eigenvalue weighted by molar-refractivity contribution is 6.44. The summed E-state index contributed by atoms with van der Waals surface area (Å²) in [5.41, 5.74) is 0.421. The first kappa shape index (κ1) is 17.1. The number of amides is 1. The van der Waals surface area contributed by atoms with Crippen molar-refractivity contribution in [3.8, 4) is 0 Å². The van der Waals surface area contributed by atoms with Gasteiger partial charge in [0, 0.05) is 11.6 Å². The molecule has 0 atom stereocenters. The predicted molar refractivity (Wildman–Crippen MR) is 90.5 cm³/mol. The van der Waals surface area contributed by atoms with Gasteiger partial charge in [-0.25, -0.2) is 4.39 Å². The normalized spacial score (nSPS) is 11.0. The third-order valence-corrected chi connectivity index (χ3v) is 4.03. The highest BCUT2D eigenvalue weighted by Gasteiger charge is 2.08. The first-order valence-electron chi connectivity index (χ1n) is 5.96.